The van der Waals surface area contributed by atoms with Gasteiger partial charge in [-0.1, -0.05) is 103 Å². The number of nitrogens with one attached hydrogen (secondary N) is 1. The highest BCUT2D eigenvalue weighted by Crippen LogP contribution is 2.40. The van der Waals surface area contributed by atoms with Gasteiger partial charge in [0.15, 0.2) is 11.4 Å². The summed E-state index contributed by atoms with van der Waals surface area (Å²) in [5, 5.41) is 10.4. The monoisotopic (exact) mass is 641 g/mol. The van der Waals surface area contributed by atoms with Crippen LogP contribution < -0.4 is 4.72 Å². The second kappa shape index (κ2) is 14.1. The zero-order chi connectivity index (χ0) is 31.2. The molecular formula is C35H35N3O5S2. The number of hydrogen-bond donors (Lipinski definition) is 2. The molecule has 0 amide bonds. The Morgan fingerprint density at radius 3 is 2.33 bits per heavy atom. The lowest BCUT2D eigenvalue weighted by Gasteiger charge is -2.36. The number of sulfonamides is 1. The molecule has 0 aliphatic carbocycles. The highest BCUT2D eigenvalue weighted by molar-refractivity contribution is 7.99. The quantitative estimate of drug-likeness (QED) is 0.161. The van der Waals surface area contributed by atoms with Gasteiger partial charge in [-0.2, -0.15) is 0 Å². The lowest BCUT2D eigenvalue weighted by molar-refractivity contribution is -0.245. The molecule has 1 fully saturated rings. The summed E-state index contributed by atoms with van der Waals surface area (Å²) in [5.74, 6) is 0.723. The predicted molar refractivity (Wildman–Crippen MR) is 175 cm³/mol. The van der Waals surface area contributed by atoms with E-state index in [0.717, 1.165) is 44.3 Å². The first-order valence-corrected chi connectivity index (χ1v) is 17.2. The second-order valence-corrected chi connectivity index (χ2v) is 13.7. The van der Waals surface area contributed by atoms with Crippen molar-refractivity contribution in [3.63, 3.8) is 0 Å². The van der Waals surface area contributed by atoms with E-state index in [0.29, 0.717) is 6.42 Å². The van der Waals surface area contributed by atoms with Gasteiger partial charge in [0.25, 0.3) is 0 Å². The van der Waals surface area contributed by atoms with E-state index in [9.17, 15) is 13.5 Å². The number of aromatic nitrogens is 2. The van der Waals surface area contributed by atoms with E-state index >= 15 is 0 Å². The third-order valence-electron chi connectivity index (χ3n) is 7.81. The molecule has 1 aliphatic rings. The summed E-state index contributed by atoms with van der Waals surface area (Å²) in [6.45, 7) is 0.158. The summed E-state index contributed by atoms with van der Waals surface area (Å²) in [7, 11) is -1.66. The fourth-order valence-electron chi connectivity index (χ4n) is 5.31. The van der Waals surface area contributed by atoms with Crippen molar-refractivity contribution in [2.75, 3.05) is 5.75 Å². The summed E-state index contributed by atoms with van der Waals surface area (Å²) in [4.78, 5) is 4.67. The van der Waals surface area contributed by atoms with Crippen LogP contribution in [-0.4, -0.2) is 34.9 Å². The van der Waals surface area contributed by atoms with Crippen LogP contribution in [0, 0.1) is 0 Å². The van der Waals surface area contributed by atoms with Gasteiger partial charge >= 0.3 is 0 Å². The van der Waals surface area contributed by atoms with Gasteiger partial charge in [-0.15, -0.1) is 0 Å². The fraction of sp³-hybridized carbons (Fsp3) is 0.229. The number of aliphatic hydroxyl groups excluding tert-OH is 1. The molecule has 1 aliphatic heterocycles. The maximum atomic E-state index is 12.8. The van der Waals surface area contributed by atoms with Crippen molar-refractivity contribution >= 4 is 21.8 Å². The molecule has 3 unspecified atom stereocenters. The Bertz CT molecular complexity index is 1810. The maximum absolute atomic E-state index is 12.8. The molecular weight excluding hydrogens is 607 g/mol. The van der Waals surface area contributed by atoms with Crippen molar-refractivity contribution in [2.45, 2.75) is 48.1 Å². The Hall–Kier alpha value is -3.77. The first-order valence-electron chi connectivity index (χ1n) is 14.7. The molecule has 45 heavy (non-hydrogen) atoms. The molecule has 0 bridgehead atoms. The number of nitrogens with zero attached hydrogens (tertiary/aromatic N) is 2. The molecule has 0 saturated carbocycles. The topological polar surface area (TPSA) is 103 Å². The van der Waals surface area contributed by atoms with Crippen molar-refractivity contribution < 1.29 is 23.0 Å². The molecule has 0 radical (unpaired) electrons. The number of imidazole rings is 1. The lowest BCUT2D eigenvalue weighted by Crippen LogP contribution is -2.31. The second-order valence-electron chi connectivity index (χ2n) is 10.9. The molecule has 232 valence electrons. The van der Waals surface area contributed by atoms with Crippen molar-refractivity contribution in [3.8, 4) is 11.1 Å². The van der Waals surface area contributed by atoms with Crippen molar-refractivity contribution in [1.29, 1.82) is 0 Å². The number of thioether (sulfide) groups is 1. The Balaban J connectivity index is 1.20. The van der Waals surface area contributed by atoms with Crippen molar-refractivity contribution in [3.05, 3.63) is 138 Å². The zero-order valence-electron chi connectivity index (χ0n) is 24.8. The van der Waals surface area contributed by atoms with Crippen LogP contribution in [0.4, 0.5) is 0 Å². The average Bonchev–Trinajstić information content (AvgIpc) is 3.51. The number of aryl methyl sites for hydroxylation is 1. The van der Waals surface area contributed by atoms with Gasteiger partial charge in [-0.25, -0.2) is 18.1 Å². The van der Waals surface area contributed by atoms with Crippen LogP contribution >= 0.6 is 11.8 Å². The SMILES string of the molecule is Cn1ccnc1SCC1CC(c2ccc(CO)cc2)OC(c2ccc(-c3ccccc3CNS(=O)(=O)c3ccccc3)cc2)O1. The standard InChI is InChI=1S/C35H35N3O5S2/c1-38-20-19-36-35(38)44-24-30-21-33(27-13-11-25(23-39)12-14-27)43-34(42-30)28-17-15-26(16-18-28)32-10-6-5-7-29(32)22-37-45(40,41)31-8-3-2-4-9-31/h2-20,30,33-34,37,39H,21-24H2,1H3. The largest absolute Gasteiger partial charge is 0.392 e. The highest BCUT2D eigenvalue weighted by Gasteiger charge is 2.32. The summed E-state index contributed by atoms with van der Waals surface area (Å²) in [5.41, 5.74) is 5.56. The third-order valence-corrected chi connectivity index (χ3v) is 10.4. The van der Waals surface area contributed by atoms with E-state index in [1.54, 1.807) is 48.3 Å². The van der Waals surface area contributed by atoms with Gasteiger partial charge in [0, 0.05) is 43.7 Å². The molecule has 2 N–H and O–H groups in total. The molecule has 8 nitrogen and oxygen atoms in total. The van der Waals surface area contributed by atoms with E-state index in [1.165, 1.54) is 0 Å². The van der Waals surface area contributed by atoms with Crippen LogP contribution in [0.3, 0.4) is 0 Å². The van der Waals surface area contributed by atoms with Crippen molar-refractivity contribution in [1.82, 2.24) is 14.3 Å². The minimum atomic E-state index is -3.64. The van der Waals surface area contributed by atoms with Gasteiger partial charge in [-0.3, -0.25) is 0 Å². The van der Waals surface area contributed by atoms with E-state index < -0.39 is 16.3 Å². The highest BCUT2D eigenvalue weighted by atomic mass is 32.2. The number of hydrogen-bond acceptors (Lipinski definition) is 7. The Morgan fingerprint density at radius 1 is 0.911 bits per heavy atom. The Morgan fingerprint density at radius 2 is 1.62 bits per heavy atom. The van der Waals surface area contributed by atoms with Gasteiger partial charge in [0.1, 0.15) is 0 Å². The molecule has 1 saturated heterocycles. The van der Waals surface area contributed by atoms with Gasteiger partial charge < -0.3 is 19.1 Å². The molecule has 3 atom stereocenters. The molecule has 5 aromatic rings. The zero-order valence-corrected chi connectivity index (χ0v) is 26.5. The van der Waals surface area contributed by atoms with Gasteiger partial charge in [0.05, 0.1) is 23.7 Å². The molecule has 4 aromatic carbocycles. The third kappa shape index (κ3) is 7.55. The Labute approximate surface area is 268 Å². The fourth-order valence-corrected chi connectivity index (χ4v) is 7.29. The van der Waals surface area contributed by atoms with Crippen molar-refractivity contribution in [2.24, 2.45) is 7.05 Å². The lowest BCUT2D eigenvalue weighted by atomic mass is 9.98. The molecule has 2 heterocycles. The van der Waals surface area contributed by atoms with Crippen LogP contribution in [-0.2, 0) is 39.7 Å². The molecule has 0 spiro atoms. The normalized spacial score (nSPS) is 18.6. The summed E-state index contributed by atoms with van der Waals surface area (Å²) >= 11 is 1.66. The Kier molecular flexibility index (Phi) is 9.79. The van der Waals surface area contributed by atoms with E-state index in [4.69, 9.17) is 9.47 Å². The predicted octanol–water partition coefficient (Wildman–Crippen LogP) is 6.40. The molecule has 10 heteroatoms. The number of aliphatic hydroxyl groups is 1. The first kappa shape index (κ1) is 31.2. The first-order chi connectivity index (χ1) is 21.9. The van der Waals surface area contributed by atoms with Gasteiger partial charge in [0.2, 0.25) is 10.0 Å². The van der Waals surface area contributed by atoms with Crippen LogP contribution in [0.1, 0.15) is 41.1 Å². The summed E-state index contributed by atoms with van der Waals surface area (Å²) in [6, 6.07) is 32.1. The maximum Gasteiger partial charge on any atom is 0.240 e. The molecule has 6 rings (SSSR count). The minimum absolute atomic E-state index is 0.00511. The van der Waals surface area contributed by atoms with Gasteiger partial charge in [-0.05, 0) is 39.9 Å². The molecule has 1 aromatic heterocycles. The van der Waals surface area contributed by atoms with Crippen LogP contribution in [0.2, 0.25) is 0 Å². The number of benzene rings is 4. The van der Waals surface area contributed by atoms with E-state index in [2.05, 4.69) is 9.71 Å². The van der Waals surface area contributed by atoms with Crippen LogP contribution in [0.25, 0.3) is 11.1 Å². The number of rotatable bonds is 11. The summed E-state index contributed by atoms with van der Waals surface area (Å²) < 4.78 is 43.4. The number of ether oxygens (including phenoxy) is 2. The van der Waals surface area contributed by atoms with Crippen LogP contribution in [0.15, 0.2) is 126 Å². The minimum Gasteiger partial charge on any atom is -0.392 e. The van der Waals surface area contributed by atoms with Crippen LogP contribution in [0.5, 0.6) is 0 Å². The van der Waals surface area contributed by atoms with E-state index in [1.807, 2.05) is 90.6 Å². The smallest absolute Gasteiger partial charge is 0.240 e. The van der Waals surface area contributed by atoms with E-state index in [-0.39, 0.29) is 30.3 Å². The average molecular weight is 642 g/mol. The summed E-state index contributed by atoms with van der Waals surface area (Å²) in [6.07, 6.45) is 3.58.